The second-order valence-corrected chi connectivity index (χ2v) is 7.98. The fourth-order valence-corrected chi connectivity index (χ4v) is 4.34. The van der Waals surface area contributed by atoms with Gasteiger partial charge >= 0.3 is 5.97 Å². The summed E-state index contributed by atoms with van der Waals surface area (Å²) in [5, 5.41) is 0.640. The van der Waals surface area contributed by atoms with Gasteiger partial charge in [0.25, 0.3) is 11.1 Å². The van der Waals surface area contributed by atoms with Crippen molar-refractivity contribution in [3.05, 3.63) is 53.6 Å². The maximum Gasteiger partial charge on any atom is 0.337 e. The van der Waals surface area contributed by atoms with Gasteiger partial charge in [0, 0.05) is 31.5 Å². The van der Waals surface area contributed by atoms with E-state index in [0.717, 1.165) is 28.8 Å². The Morgan fingerprint density at radius 1 is 1.03 bits per heavy atom. The highest BCUT2D eigenvalue weighted by atomic mass is 32.1. The summed E-state index contributed by atoms with van der Waals surface area (Å²) < 4.78 is 17.0. The number of hydrogen-bond donors (Lipinski definition) is 0. The normalized spacial score (nSPS) is 14.5. The number of fused-ring (bicyclic) bond motifs is 1. The molecule has 4 rings (SSSR count). The first-order valence-corrected chi connectivity index (χ1v) is 10.5. The van der Waals surface area contributed by atoms with Gasteiger partial charge in [-0.05, 0) is 42.5 Å². The molecule has 1 saturated heterocycles. The zero-order valence-corrected chi connectivity index (χ0v) is 17.6. The summed E-state index contributed by atoms with van der Waals surface area (Å²) in [6, 6.07) is 12.3. The Labute approximate surface area is 178 Å². The summed E-state index contributed by atoms with van der Waals surface area (Å²) in [5.74, 6) is 0.335. The molecule has 0 spiro atoms. The Morgan fingerprint density at radius 2 is 1.73 bits per heavy atom. The molecule has 0 bridgehead atoms. The minimum absolute atomic E-state index is 0.0261. The summed E-state index contributed by atoms with van der Waals surface area (Å²) in [6.45, 7) is 1.22. The van der Waals surface area contributed by atoms with E-state index in [-0.39, 0.29) is 12.0 Å². The van der Waals surface area contributed by atoms with Crippen LogP contribution in [-0.2, 0) is 4.74 Å². The van der Waals surface area contributed by atoms with Crippen molar-refractivity contribution in [2.45, 2.75) is 18.9 Å². The van der Waals surface area contributed by atoms with Gasteiger partial charge in [-0.3, -0.25) is 4.79 Å². The molecule has 30 heavy (non-hydrogen) atoms. The van der Waals surface area contributed by atoms with Crippen molar-refractivity contribution >= 4 is 33.4 Å². The molecule has 2 aromatic carbocycles. The first kappa shape index (κ1) is 20.2. The molecule has 0 unspecified atom stereocenters. The molecule has 0 radical (unpaired) electrons. The fourth-order valence-electron chi connectivity index (χ4n) is 3.43. The van der Waals surface area contributed by atoms with Crippen LogP contribution < -0.4 is 9.47 Å². The third-order valence-corrected chi connectivity index (χ3v) is 6.03. The van der Waals surface area contributed by atoms with Crippen LogP contribution in [0.15, 0.2) is 42.5 Å². The van der Waals surface area contributed by atoms with Gasteiger partial charge in [0.1, 0.15) is 11.9 Å². The van der Waals surface area contributed by atoms with Crippen LogP contribution in [0, 0.1) is 0 Å². The number of likely N-dealkylation sites (tertiary alicyclic amines) is 1. The van der Waals surface area contributed by atoms with Crippen LogP contribution in [-0.4, -0.2) is 55.2 Å². The Bertz CT molecular complexity index is 1060. The Balaban J connectivity index is 1.34. The highest BCUT2D eigenvalue weighted by Gasteiger charge is 2.25. The van der Waals surface area contributed by atoms with Crippen molar-refractivity contribution in [3.63, 3.8) is 0 Å². The molecule has 7 nitrogen and oxygen atoms in total. The van der Waals surface area contributed by atoms with E-state index in [2.05, 4.69) is 9.72 Å². The largest absolute Gasteiger partial charge is 0.497 e. The third kappa shape index (κ3) is 4.23. The van der Waals surface area contributed by atoms with Gasteiger partial charge in [-0.25, -0.2) is 9.78 Å². The summed E-state index contributed by atoms with van der Waals surface area (Å²) in [6.07, 6.45) is 1.51. The Kier molecular flexibility index (Phi) is 5.85. The molecule has 0 N–H and O–H groups in total. The SMILES string of the molecule is COC(=O)c1ccc(C(=O)N2CCC(Oc3nc4ccc(OC)cc4s3)CC2)cc1. The van der Waals surface area contributed by atoms with E-state index in [9.17, 15) is 9.59 Å². The van der Waals surface area contributed by atoms with Gasteiger partial charge in [-0.1, -0.05) is 11.3 Å². The lowest BCUT2D eigenvalue weighted by molar-refractivity contribution is 0.0584. The smallest absolute Gasteiger partial charge is 0.337 e. The molecule has 1 amide bonds. The van der Waals surface area contributed by atoms with Crippen LogP contribution in [0.3, 0.4) is 0 Å². The zero-order chi connectivity index (χ0) is 21.1. The summed E-state index contributed by atoms with van der Waals surface area (Å²) >= 11 is 1.50. The second kappa shape index (κ2) is 8.71. The number of hydrogen-bond acceptors (Lipinski definition) is 7. The standard InChI is InChI=1S/C22H22N2O5S/c1-27-17-7-8-18-19(13-17)30-22(23-18)29-16-9-11-24(12-10-16)20(25)14-3-5-15(6-4-14)21(26)28-2/h3-8,13,16H,9-12H2,1-2H3. The van der Waals surface area contributed by atoms with Crippen LogP contribution in [0.4, 0.5) is 0 Å². The Hall–Kier alpha value is -3.13. The fraction of sp³-hybridized carbons (Fsp3) is 0.318. The molecule has 8 heteroatoms. The lowest BCUT2D eigenvalue weighted by atomic mass is 10.1. The number of nitrogens with zero attached hydrogens (tertiary/aromatic N) is 2. The van der Waals surface area contributed by atoms with E-state index in [4.69, 9.17) is 9.47 Å². The quantitative estimate of drug-likeness (QED) is 0.578. The van der Waals surface area contributed by atoms with E-state index >= 15 is 0 Å². The maximum absolute atomic E-state index is 12.7. The van der Waals surface area contributed by atoms with Crippen molar-refractivity contribution in [1.29, 1.82) is 0 Å². The molecule has 1 aliphatic heterocycles. The monoisotopic (exact) mass is 426 g/mol. The number of esters is 1. The van der Waals surface area contributed by atoms with Gasteiger partial charge in [-0.2, -0.15) is 0 Å². The van der Waals surface area contributed by atoms with E-state index in [1.807, 2.05) is 23.1 Å². The highest BCUT2D eigenvalue weighted by molar-refractivity contribution is 7.20. The van der Waals surface area contributed by atoms with Crippen LogP contribution in [0.5, 0.6) is 10.9 Å². The average Bonchev–Trinajstić information content (AvgIpc) is 3.20. The molecule has 3 aromatic rings. The van der Waals surface area contributed by atoms with E-state index in [1.54, 1.807) is 31.4 Å². The predicted molar refractivity (Wildman–Crippen MR) is 114 cm³/mol. The van der Waals surface area contributed by atoms with E-state index < -0.39 is 5.97 Å². The lowest BCUT2D eigenvalue weighted by Crippen LogP contribution is -2.41. The molecule has 0 aliphatic carbocycles. The number of methoxy groups -OCH3 is 2. The van der Waals surface area contributed by atoms with Crippen LogP contribution in [0.2, 0.25) is 0 Å². The van der Waals surface area contributed by atoms with Crippen molar-refractivity contribution in [3.8, 4) is 10.9 Å². The number of ether oxygens (including phenoxy) is 3. The van der Waals surface area contributed by atoms with Gasteiger partial charge in [0.05, 0.1) is 30.0 Å². The third-order valence-electron chi connectivity index (χ3n) is 5.13. The van der Waals surface area contributed by atoms with Crippen molar-refractivity contribution in [2.75, 3.05) is 27.3 Å². The minimum Gasteiger partial charge on any atom is -0.497 e. The number of amides is 1. The van der Waals surface area contributed by atoms with Crippen molar-refractivity contribution in [2.24, 2.45) is 0 Å². The topological polar surface area (TPSA) is 78.0 Å². The first-order valence-electron chi connectivity index (χ1n) is 9.66. The predicted octanol–water partition coefficient (Wildman–Crippen LogP) is 3.78. The average molecular weight is 426 g/mol. The number of aromatic nitrogens is 1. The lowest BCUT2D eigenvalue weighted by Gasteiger charge is -2.31. The summed E-state index contributed by atoms with van der Waals surface area (Å²) in [7, 11) is 2.97. The van der Waals surface area contributed by atoms with E-state index in [0.29, 0.717) is 29.4 Å². The number of benzene rings is 2. The molecule has 1 aliphatic rings. The maximum atomic E-state index is 12.7. The Morgan fingerprint density at radius 3 is 2.40 bits per heavy atom. The molecule has 1 aromatic heterocycles. The number of carbonyl (C=O) groups is 2. The summed E-state index contributed by atoms with van der Waals surface area (Å²) in [4.78, 5) is 30.6. The highest BCUT2D eigenvalue weighted by Crippen LogP contribution is 2.32. The van der Waals surface area contributed by atoms with Gasteiger partial charge in [-0.15, -0.1) is 0 Å². The number of thiazole rings is 1. The molecule has 0 saturated carbocycles. The molecule has 1 fully saturated rings. The number of piperidine rings is 1. The van der Waals surface area contributed by atoms with Crippen LogP contribution in [0.1, 0.15) is 33.6 Å². The molecule has 2 heterocycles. The van der Waals surface area contributed by atoms with Gasteiger partial charge in [0.2, 0.25) is 0 Å². The zero-order valence-electron chi connectivity index (χ0n) is 16.8. The molecule has 156 valence electrons. The minimum atomic E-state index is -0.416. The second-order valence-electron chi connectivity index (χ2n) is 6.99. The summed E-state index contributed by atoms with van der Waals surface area (Å²) in [5.41, 5.74) is 1.87. The molecular formula is C22H22N2O5S. The number of rotatable bonds is 5. The van der Waals surface area contributed by atoms with Crippen LogP contribution in [0.25, 0.3) is 10.2 Å². The van der Waals surface area contributed by atoms with Crippen LogP contribution >= 0.6 is 11.3 Å². The van der Waals surface area contributed by atoms with Gasteiger partial charge in [0.15, 0.2) is 0 Å². The van der Waals surface area contributed by atoms with Crippen molar-refractivity contribution in [1.82, 2.24) is 9.88 Å². The molecule has 0 atom stereocenters. The van der Waals surface area contributed by atoms with Gasteiger partial charge < -0.3 is 19.1 Å². The first-order chi connectivity index (χ1) is 14.6. The number of carbonyl (C=O) groups excluding carboxylic acids is 2. The van der Waals surface area contributed by atoms with E-state index in [1.165, 1.54) is 18.4 Å². The van der Waals surface area contributed by atoms with Crippen molar-refractivity contribution < 1.29 is 23.8 Å². The molecular weight excluding hydrogens is 404 g/mol.